The number of carbonyl (C=O) groups is 1. The van der Waals surface area contributed by atoms with E-state index in [-0.39, 0.29) is 24.4 Å². The normalized spacial score (nSPS) is 19.4. The van der Waals surface area contributed by atoms with Crippen molar-refractivity contribution in [1.82, 2.24) is 15.3 Å². The number of nitrogens with zero attached hydrogens (tertiary/aromatic N) is 3. The number of ether oxygens (including phenoxy) is 2. The first-order valence-corrected chi connectivity index (χ1v) is 10.4. The first kappa shape index (κ1) is 21.9. The fourth-order valence-corrected chi connectivity index (χ4v) is 3.98. The highest BCUT2D eigenvalue weighted by Gasteiger charge is 2.36. The molecule has 168 valence electrons. The summed E-state index contributed by atoms with van der Waals surface area (Å²) in [6, 6.07) is 7.96. The Hall–Kier alpha value is -3.34. The zero-order valence-corrected chi connectivity index (χ0v) is 17.9. The summed E-state index contributed by atoms with van der Waals surface area (Å²) in [7, 11) is 1.73. The Bertz CT molecular complexity index is 1050. The molecule has 0 bridgehead atoms. The summed E-state index contributed by atoms with van der Waals surface area (Å²) in [5, 5.41) is 2.79. The number of nitrogens with two attached hydrogens (primary N) is 3. The van der Waals surface area contributed by atoms with Crippen molar-refractivity contribution in [1.29, 1.82) is 0 Å². The lowest BCUT2D eigenvalue weighted by atomic mass is 9.81. The second-order valence-electron chi connectivity index (χ2n) is 7.93. The fraction of sp³-hybridized carbons (Fsp3) is 0.364. The van der Waals surface area contributed by atoms with Crippen LogP contribution in [0.2, 0.25) is 0 Å². The van der Waals surface area contributed by atoms with E-state index < -0.39 is 5.85 Å². The number of aromatic nitrogens is 2. The topological polar surface area (TPSA) is 164 Å². The van der Waals surface area contributed by atoms with Crippen LogP contribution in [-0.2, 0) is 9.53 Å². The standard InChI is InChI=1S/C22H27N7O3/c1-26-12-31-17(30)10-13-2-4-14(5-3-13)15-6-8-16(9-7-15)19-22(24,25)32-21-18(29-19)20(23)27-11-28-21/h6-11,14,26H,2-5,12,24-25H2,1H3,(H2,23,27,28). The summed E-state index contributed by atoms with van der Waals surface area (Å²) in [5.74, 6) is -1.18. The number of nitrogen functional groups attached to an aromatic ring is 1. The number of benzene rings is 1. The van der Waals surface area contributed by atoms with Crippen LogP contribution in [0, 0.1) is 0 Å². The molecule has 1 fully saturated rings. The summed E-state index contributed by atoms with van der Waals surface area (Å²) in [6.45, 7) is 0.214. The minimum Gasteiger partial charge on any atom is -0.447 e. The number of aliphatic imine (C=N–C) groups is 1. The summed E-state index contributed by atoms with van der Waals surface area (Å²) in [6.07, 6.45) is 6.56. The maximum absolute atomic E-state index is 11.8. The summed E-state index contributed by atoms with van der Waals surface area (Å²) < 4.78 is 10.7. The van der Waals surface area contributed by atoms with Crippen LogP contribution >= 0.6 is 0 Å². The summed E-state index contributed by atoms with van der Waals surface area (Å²) in [4.78, 5) is 24.2. The minimum atomic E-state index is -1.64. The zero-order chi connectivity index (χ0) is 22.7. The zero-order valence-electron chi connectivity index (χ0n) is 17.9. The number of esters is 1. The maximum Gasteiger partial charge on any atom is 0.332 e. The molecule has 0 unspecified atom stereocenters. The van der Waals surface area contributed by atoms with E-state index in [1.54, 1.807) is 13.1 Å². The van der Waals surface area contributed by atoms with Gasteiger partial charge >= 0.3 is 5.97 Å². The van der Waals surface area contributed by atoms with Crippen LogP contribution in [0.15, 0.2) is 47.2 Å². The third kappa shape index (κ3) is 4.62. The van der Waals surface area contributed by atoms with Gasteiger partial charge in [-0.25, -0.2) is 14.8 Å². The Balaban J connectivity index is 1.47. The van der Waals surface area contributed by atoms with Crippen molar-refractivity contribution in [3.63, 3.8) is 0 Å². The lowest BCUT2D eigenvalue weighted by Gasteiger charge is -2.31. The van der Waals surface area contributed by atoms with Crippen molar-refractivity contribution in [2.75, 3.05) is 19.5 Å². The van der Waals surface area contributed by atoms with Crippen LogP contribution in [0.1, 0.15) is 42.7 Å². The monoisotopic (exact) mass is 437 g/mol. The number of anilines is 1. The second-order valence-corrected chi connectivity index (χ2v) is 7.93. The van der Waals surface area contributed by atoms with Gasteiger partial charge in [0.25, 0.3) is 5.85 Å². The first-order chi connectivity index (χ1) is 15.4. The van der Waals surface area contributed by atoms with Gasteiger partial charge in [0.05, 0.1) is 0 Å². The molecule has 7 N–H and O–H groups in total. The molecule has 1 aromatic heterocycles. The third-order valence-corrected chi connectivity index (χ3v) is 5.64. The molecule has 0 spiro atoms. The van der Waals surface area contributed by atoms with Crippen LogP contribution in [0.4, 0.5) is 11.5 Å². The molecular formula is C22H27N7O3. The van der Waals surface area contributed by atoms with Gasteiger partial charge in [-0.05, 0) is 44.2 Å². The molecule has 10 nitrogen and oxygen atoms in total. The lowest BCUT2D eigenvalue weighted by Crippen LogP contribution is -2.62. The van der Waals surface area contributed by atoms with E-state index in [9.17, 15) is 4.79 Å². The Morgan fingerprint density at radius 3 is 2.66 bits per heavy atom. The van der Waals surface area contributed by atoms with Crippen molar-refractivity contribution in [3.8, 4) is 5.88 Å². The number of fused-ring (bicyclic) bond motifs is 1. The van der Waals surface area contributed by atoms with Gasteiger partial charge in [0, 0.05) is 11.6 Å². The number of rotatable bonds is 5. The van der Waals surface area contributed by atoms with Crippen molar-refractivity contribution in [3.05, 3.63) is 53.4 Å². The maximum atomic E-state index is 11.8. The molecule has 0 saturated heterocycles. The molecule has 2 heterocycles. The number of hydrogen-bond donors (Lipinski definition) is 4. The van der Waals surface area contributed by atoms with Crippen molar-refractivity contribution in [2.45, 2.75) is 37.5 Å². The highest BCUT2D eigenvalue weighted by Crippen LogP contribution is 2.38. The largest absolute Gasteiger partial charge is 0.447 e. The van der Waals surface area contributed by atoms with Gasteiger partial charge in [-0.1, -0.05) is 29.8 Å². The predicted molar refractivity (Wildman–Crippen MR) is 120 cm³/mol. The average Bonchev–Trinajstić information content (AvgIpc) is 2.78. The Labute approximate surface area is 185 Å². The molecule has 1 aromatic carbocycles. The molecule has 2 aromatic rings. The van der Waals surface area contributed by atoms with Gasteiger partial charge in [0.2, 0.25) is 5.88 Å². The van der Waals surface area contributed by atoms with Gasteiger partial charge in [-0.2, -0.15) is 4.98 Å². The number of nitrogens with one attached hydrogen (secondary N) is 1. The molecule has 0 amide bonds. The fourth-order valence-electron chi connectivity index (χ4n) is 3.98. The molecular weight excluding hydrogens is 410 g/mol. The predicted octanol–water partition coefficient (Wildman–Crippen LogP) is 1.45. The van der Waals surface area contributed by atoms with Crippen LogP contribution in [0.25, 0.3) is 0 Å². The minimum absolute atomic E-state index is 0.156. The second kappa shape index (κ2) is 9.03. The smallest absolute Gasteiger partial charge is 0.332 e. The Kier molecular flexibility index (Phi) is 6.17. The van der Waals surface area contributed by atoms with E-state index >= 15 is 0 Å². The Morgan fingerprint density at radius 1 is 1.25 bits per heavy atom. The molecule has 1 aliphatic carbocycles. The van der Waals surface area contributed by atoms with Crippen LogP contribution in [0.3, 0.4) is 0 Å². The van der Waals surface area contributed by atoms with Crippen LogP contribution in [-0.4, -0.2) is 41.3 Å². The Morgan fingerprint density at radius 2 is 1.97 bits per heavy atom. The highest BCUT2D eigenvalue weighted by atomic mass is 16.5. The van der Waals surface area contributed by atoms with E-state index in [0.717, 1.165) is 36.8 Å². The van der Waals surface area contributed by atoms with Gasteiger partial charge in [0.15, 0.2) is 11.5 Å². The van der Waals surface area contributed by atoms with E-state index in [2.05, 4.69) is 32.4 Å². The van der Waals surface area contributed by atoms with Gasteiger partial charge in [-0.15, -0.1) is 0 Å². The molecule has 0 radical (unpaired) electrons. The quantitative estimate of drug-likeness (QED) is 0.308. The summed E-state index contributed by atoms with van der Waals surface area (Å²) in [5.41, 5.74) is 22.0. The van der Waals surface area contributed by atoms with Gasteiger partial charge in [0.1, 0.15) is 18.8 Å². The number of carbonyl (C=O) groups excluding carboxylic acids is 1. The average molecular weight is 438 g/mol. The molecule has 2 aliphatic rings. The first-order valence-electron chi connectivity index (χ1n) is 10.4. The molecule has 10 heteroatoms. The molecule has 0 atom stereocenters. The highest BCUT2D eigenvalue weighted by molar-refractivity contribution is 6.09. The van der Waals surface area contributed by atoms with Gasteiger partial charge < -0.3 is 15.2 Å². The lowest BCUT2D eigenvalue weighted by molar-refractivity contribution is -0.138. The molecule has 1 aliphatic heterocycles. The molecule has 4 rings (SSSR count). The molecule has 1 saturated carbocycles. The SMILES string of the molecule is CNCOC(=O)C=C1CCC(c2ccc(C3=Nc4c(N)ncnc4OC3(N)N)cc2)CC1. The van der Waals surface area contributed by atoms with E-state index in [4.69, 9.17) is 26.7 Å². The number of allylic oxidation sites excluding steroid dienone is 1. The molecule has 32 heavy (non-hydrogen) atoms. The summed E-state index contributed by atoms with van der Waals surface area (Å²) >= 11 is 0. The van der Waals surface area contributed by atoms with Crippen LogP contribution < -0.4 is 27.3 Å². The van der Waals surface area contributed by atoms with E-state index in [1.807, 2.05) is 12.1 Å². The number of hydrogen-bond acceptors (Lipinski definition) is 10. The van der Waals surface area contributed by atoms with E-state index in [1.165, 1.54) is 11.9 Å². The third-order valence-electron chi connectivity index (χ3n) is 5.64. The van der Waals surface area contributed by atoms with Crippen molar-refractivity contribution >= 4 is 23.2 Å². The van der Waals surface area contributed by atoms with Crippen LogP contribution in [0.5, 0.6) is 5.88 Å². The van der Waals surface area contributed by atoms with Crippen molar-refractivity contribution < 1.29 is 14.3 Å². The van der Waals surface area contributed by atoms with Crippen molar-refractivity contribution in [2.24, 2.45) is 16.5 Å². The van der Waals surface area contributed by atoms with Gasteiger partial charge in [-0.3, -0.25) is 16.8 Å². The van der Waals surface area contributed by atoms with E-state index in [0.29, 0.717) is 17.3 Å².